The fourth-order valence-electron chi connectivity index (χ4n) is 5.00. The normalized spacial score (nSPS) is 20.6. The summed E-state index contributed by atoms with van der Waals surface area (Å²) in [6, 6.07) is 10.9. The van der Waals surface area contributed by atoms with Crippen molar-refractivity contribution in [3.8, 4) is 0 Å². The number of aromatic amines is 1. The highest BCUT2D eigenvalue weighted by molar-refractivity contribution is 5.97. The van der Waals surface area contributed by atoms with Gasteiger partial charge in [-0.1, -0.05) is 18.2 Å². The molecule has 2 saturated heterocycles. The molecule has 2 aliphatic rings. The molecule has 2 fully saturated rings. The fourth-order valence-corrected chi connectivity index (χ4v) is 5.00. The second-order valence-electron chi connectivity index (χ2n) is 9.12. The molecule has 0 radical (unpaired) electrons. The monoisotopic (exact) mass is 503 g/mol. The molecule has 2 aromatic carbocycles. The zero-order valence-corrected chi connectivity index (χ0v) is 19.4. The van der Waals surface area contributed by atoms with Gasteiger partial charge in [0.15, 0.2) is 6.10 Å². The van der Waals surface area contributed by atoms with Crippen molar-refractivity contribution < 1.29 is 32.2 Å². The number of benzene rings is 2. The van der Waals surface area contributed by atoms with E-state index in [-0.39, 0.29) is 29.9 Å². The van der Waals surface area contributed by atoms with Crippen molar-refractivity contribution in [2.75, 3.05) is 33.3 Å². The molecule has 1 unspecified atom stereocenters. The number of likely N-dealkylation sites (tertiary alicyclic amines) is 2. The lowest BCUT2D eigenvalue weighted by molar-refractivity contribution is -0.216. The van der Waals surface area contributed by atoms with Crippen LogP contribution in [0.5, 0.6) is 0 Å². The topological polar surface area (TPSA) is 101 Å². The smallest absolute Gasteiger partial charge is 0.418 e. The van der Waals surface area contributed by atoms with E-state index in [0.717, 1.165) is 7.11 Å². The zero-order valence-electron chi connectivity index (χ0n) is 19.4. The summed E-state index contributed by atoms with van der Waals surface area (Å²) in [6.45, 7) is 1.82. The predicted molar refractivity (Wildman–Crippen MR) is 121 cm³/mol. The third-order valence-electron chi connectivity index (χ3n) is 6.74. The Morgan fingerprint density at radius 1 is 1.03 bits per heavy atom. The van der Waals surface area contributed by atoms with E-state index in [9.17, 15) is 22.8 Å². The standard InChI is InChI=1S/C24H24F3N5O4/c1-35-21(24(25,26)27)15-4-2-3-14(7-15)13-36-23(34)32-11-17-9-31(10-18(17)12-32)22(33)16-5-6-19-20(8-16)29-30-28-19/h2-8,17-18,21H,9-13H2,1H3,(H,28,29,30)/t17-,18+,21?. The first-order valence-electron chi connectivity index (χ1n) is 11.4. The summed E-state index contributed by atoms with van der Waals surface area (Å²) < 4.78 is 49.4. The number of alkyl halides is 3. The molecule has 0 aliphatic carbocycles. The summed E-state index contributed by atoms with van der Waals surface area (Å²) in [5, 5.41) is 10.5. The fraction of sp³-hybridized carbons (Fsp3) is 0.417. The second-order valence-corrected chi connectivity index (χ2v) is 9.12. The Kier molecular flexibility index (Phi) is 6.29. The zero-order chi connectivity index (χ0) is 25.4. The summed E-state index contributed by atoms with van der Waals surface area (Å²) in [7, 11) is 0.999. The number of carbonyl (C=O) groups excluding carboxylic acids is 2. The Morgan fingerprint density at radius 3 is 2.42 bits per heavy atom. The molecular weight excluding hydrogens is 479 g/mol. The summed E-state index contributed by atoms with van der Waals surface area (Å²) in [5.74, 6) is 0.182. The maximum Gasteiger partial charge on any atom is 0.418 e. The molecule has 36 heavy (non-hydrogen) atoms. The van der Waals surface area contributed by atoms with Gasteiger partial charge in [0, 0.05) is 50.7 Å². The van der Waals surface area contributed by atoms with Gasteiger partial charge in [-0.2, -0.15) is 28.6 Å². The summed E-state index contributed by atoms with van der Waals surface area (Å²) >= 11 is 0. The Morgan fingerprint density at radius 2 is 1.72 bits per heavy atom. The van der Waals surface area contributed by atoms with Crippen LogP contribution in [0.1, 0.15) is 27.6 Å². The summed E-state index contributed by atoms with van der Waals surface area (Å²) in [4.78, 5) is 29.0. The highest BCUT2D eigenvalue weighted by Gasteiger charge is 2.44. The van der Waals surface area contributed by atoms with Crippen LogP contribution in [0, 0.1) is 11.8 Å². The van der Waals surface area contributed by atoms with Gasteiger partial charge in [-0.15, -0.1) is 0 Å². The second kappa shape index (κ2) is 9.41. The minimum Gasteiger partial charge on any atom is -0.445 e. The number of methoxy groups -OCH3 is 1. The van der Waals surface area contributed by atoms with Crippen molar-refractivity contribution in [2.24, 2.45) is 11.8 Å². The third kappa shape index (κ3) is 4.72. The van der Waals surface area contributed by atoms with E-state index in [4.69, 9.17) is 4.74 Å². The van der Waals surface area contributed by atoms with Crippen LogP contribution in [0.4, 0.5) is 18.0 Å². The van der Waals surface area contributed by atoms with E-state index in [0.29, 0.717) is 48.3 Å². The molecule has 2 amide bonds. The molecule has 3 aromatic rings. The number of amides is 2. The number of ether oxygens (including phenoxy) is 2. The minimum absolute atomic E-state index is 0.0540. The lowest BCUT2D eigenvalue weighted by Gasteiger charge is -2.22. The van der Waals surface area contributed by atoms with E-state index in [1.165, 1.54) is 18.2 Å². The van der Waals surface area contributed by atoms with Crippen LogP contribution >= 0.6 is 0 Å². The Balaban J connectivity index is 1.14. The van der Waals surface area contributed by atoms with Crippen molar-refractivity contribution in [1.29, 1.82) is 0 Å². The van der Waals surface area contributed by atoms with Gasteiger partial charge in [0.25, 0.3) is 5.91 Å². The summed E-state index contributed by atoms with van der Waals surface area (Å²) in [5.41, 5.74) is 2.23. The first-order valence-corrected chi connectivity index (χ1v) is 11.4. The van der Waals surface area contributed by atoms with Gasteiger partial charge in [-0.05, 0) is 35.4 Å². The number of fused-ring (bicyclic) bond motifs is 2. The van der Waals surface area contributed by atoms with Crippen LogP contribution in [0.25, 0.3) is 11.0 Å². The number of nitrogens with zero attached hydrogens (tertiary/aromatic N) is 4. The molecule has 1 aromatic heterocycles. The van der Waals surface area contributed by atoms with Crippen LogP contribution in [0.15, 0.2) is 42.5 Å². The van der Waals surface area contributed by atoms with Crippen molar-refractivity contribution in [3.63, 3.8) is 0 Å². The first-order chi connectivity index (χ1) is 17.2. The average molecular weight is 503 g/mol. The van der Waals surface area contributed by atoms with Crippen LogP contribution in [-0.4, -0.2) is 76.7 Å². The van der Waals surface area contributed by atoms with E-state index in [2.05, 4.69) is 20.1 Å². The molecule has 0 bridgehead atoms. The first kappa shape index (κ1) is 24.0. The number of rotatable bonds is 5. The van der Waals surface area contributed by atoms with Crippen molar-refractivity contribution in [2.45, 2.75) is 18.9 Å². The summed E-state index contributed by atoms with van der Waals surface area (Å²) in [6.07, 6.45) is -7.12. The Hall–Kier alpha value is -3.67. The highest BCUT2D eigenvalue weighted by atomic mass is 19.4. The SMILES string of the molecule is COC(c1cccc(COC(=O)N2C[C@@H]3CN(C(=O)c4ccc5n[nH]nc5c4)C[C@@H]3C2)c1)C(F)(F)F. The van der Waals surface area contributed by atoms with Crippen LogP contribution in [0.2, 0.25) is 0 Å². The minimum atomic E-state index is -4.55. The number of halogens is 3. The molecule has 2 aliphatic heterocycles. The molecule has 0 saturated carbocycles. The molecule has 9 nitrogen and oxygen atoms in total. The van der Waals surface area contributed by atoms with Gasteiger partial charge in [0.1, 0.15) is 17.6 Å². The Labute approximate surface area is 204 Å². The largest absolute Gasteiger partial charge is 0.445 e. The maximum atomic E-state index is 13.1. The number of hydrogen-bond acceptors (Lipinski definition) is 6. The predicted octanol–water partition coefficient (Wildman–Crippen LogP) is 3.55. The van der Waals surface area contributed by atoms with Gasteiger partial charge >= 0.3 is 12.3 Å². The van der Waals surface area contributed by atoms with E-state index >= 15 is 0 Å². The molecule has 12 heteroatoms. The molecule has 5 rings (SSSR count). The van der Waals surface area contributed by atoms with Crippen LogP contribution in [-0.2, 0) is 16.1 Å². The van der Waals surface area contributed by atoms with Crippen LogP contribution < -0.4 is 0 Å². The number of hydrogen-bond donors (Lipinski definition) is 1. The number of carbonyl (C=O) groups is 2. The number of aromatic nitrogens is 3. The molecular formula is C24H24F3N5O4. The number of nitrogens with one attached hydrogen (secondary N) is 1. The quantitative estimate of drug-likeness (QED) is 0.572. The van der Waals surface area contributed by atoms with E-state index < -0.39 is 18.4 Å². The van der Waals surface area contributed by atoms with Crippen LogP contribution in [0.3, 0.4) is 0 Å². The van der Waals surface area contributed by atoms with Crippen molar-refractivity contribution in [3.05, 3.63) is 59.2 Å². The maximum absolute atomic E-state index is 13.1. The van der Waals surface area contributed by atoms with Gasteiger partial charge < -0.3 is 19.3 Å². The molecule has 0 spiro atoms. The van der Waals surface area contributed by atoms with Gasteiger partial charge in [-0.25, -0.2) is 4.79 Å². The average Bonchev–Trinajstić information content (AvgIpc) is 3.56. The van der Waals surface area contributed by atoms with Crippen molar-refractivity contribution in [1.82, 2.24) is 25.2 Å². The molecule has 3 atom stereocenters. The molecule has 1 N–H and O–H groups in total. The number of H-pyrrole nitrogens is 1. The van der Waals surface area contributed by atoms with E-state index in [1.54, 1.807) is 34.1 Å². The van der Waals surface area contributed by atoms with Gasteiger partial charge in [0.2, 0.25) is 0 Å². The lowest BCUT2D eigenvalue weighted by Crippen LogP contribution is -2.35. The van der Waals surface area contributed by atoms with Crippen molar-refractivity contribution >= 4 is 23.0 Å². The highest BCUT2D eigenvalue weighted by Crippen LogP contribution is 2.36. The molecule has 190 valence electrons. The van der Waals surface area contributed by atoms with E-state index in [1.807, 2.05) is 0 Å². The molecule has 3 heterocycles. The third-order valence-corrected chi connectivity index (χ3v) is 6.74. The Bertz CT molecular complexity index is 1270. The lowest BCUT2D eigenvalue weighted by atomic mass is 10.0. The van der Waals surface area contributed by atoms with Gasteiger partial charge in [0.05, 0.1) is 0 Å². The van der Waals surface area contributed by atoms with Gasteiger partial charge in [-0.3, -0.25) is 4.79 Å².